The lowest BCUT2D eigenvalue weighted by atomic mass is 10.1. The summed E-state index contributed by atoms with van der Waals surface area (Å²) in [4.78, 5) is 12.5. The van der Waals surface area contributed by atoms with Gasteiger partial charge in [-0.25, -0.2) is 0 Å². The number of nitro groups is 1. The zero-order valence-electron chi connectivity index (χ0n) is 9.96. The molecule has 0 atom stereocenters. The Morgan fingerprint density at radius 1 is 1.47 bits per heavy atom. The first-order valence-corrected chi connectivity index (χ1v) is 5.90. The van der Waals surface area contributed by atoms with E-state index >= 15 is 0 Å². The summed E-state index contributed by atoms with van der Waals surface area (Å²) in [5.41, 5.74) is 0.135. The molecule has 1 aliphatic heterocycles. The van der Waals surface area contributed by atoms with Crippen molar-refractivity contribution in [2.45, 2.75) is 25.4 Å². The third-order valence-electron chi connectivity index (χ3n) is 3.12. The number of nitrogens with zero attached hydrogens (tertiary/aromatic N) is 2. The lowest BCUT2D eigenvalue weighted by Crippen LogP contribution is -2.34. The van der Waals surface area contributed by atoms with Crippen LogP contribution in [-0.4, -0.2) is 36.1 Å². The van der Waals surface area contributed by atoms with Gasteiger partial charge in [-0.3, -0.25) is 10.1 Å². The molecule has 0 spiro atoms. The fraction of sp³-hybridized carbons (Fsp3) is 0.583. The summed E-state index contributed by atoms with van der Waals surface area (Å²) in [7, 11) is 2.09. The molecule has 0 unspecified atom stereocenters. The van der Waals surface area contributed by atoms with Gasteiger partial charge in [0.1, 0.15) is 11.9 Å². The Kier molecular flexibility index (Phi) is 3.78. The van der Waals surface area contributed by atoms with E-state index < -0.39 is 0 Å². The largest absolute Gasteiger partial charge is 0.490 e. The van der Waals surface area contributed by atoms with E-state index in [4.69, 9.17) is 4.74 Å². The summed E-state index contributed by atoms with van der Waals surface area (Å²) in [6.45, 7) is 2.05. The fourth-order valence-corrected chi connectivity index (χ4v) is 2.06. The highest BCUT2D eigenvalue weighted by Gasteiger charge is 2.21. The van der Waals surface area contributed by atoms with Crippen LogP contribution in [0.1, 0.15) is 19.3 Å². The summed E-state index contributed by atoms with van der Waals surface area (Å²) in [6.07, 6.45) is 7.75. The minimum atomic E-state index is -0.370. The normalized spacial score (nSPS) is 22.9. The van der Waals surface area contributed by atoms with Gasteiger partial charge >= 0.3 is 0 Å². The van der Waals surface area contributed by atoms with Crippen LogP contribution >= 0.6 is 0 Å². The highest BCUT2D eigenvalue weighted by atomic mass is 16.6. The number of likely N-dealkylation sites (tertiary alicyclic amines) is 1. The van der Waals surface area contributed by atoms with Crippen molar-refractivity contribution in [2.24, 2.45) is 0 Å². The predicted octanol–water partition coefficient (Wildman–Crippen LogP) is 1.75. The average molecular weight is 237 g/mol. The van der Waals surface area contributed by atoms with Crippen LogP contribution in [0.15, 0.2) is 23.6 Å². The van der Waals surface area contributed by atoms with Crippen molar-refractivity contribution in [3.63, 3.8) is 0 Å². The summed E-state index contributed by atoms with van der Waals surface area (Å²) < 4.78 is 5.79. The van der Waals surface area contributed by atoms with Gasteiger partial charge in [0.05, 0.1) is 17.4 Å². The molecule has 0 aromatic carbocycles. The molecule has 1 fully saturated rings. The van der Waals surface area contributed by atoms with E-state index in [-0.39, 0.29) is 16.7 Å². The van der Waals surface area contributed by atoms with Gasteiger partial charge in [0.2, 0.25) is 0 Å². The molecule has 1 saturated heterocycles. The first-order valence-electron chi connectivity index (χ1n) is 5.90. The van der Waals surface area contributed by atoms with E-state index in [1.54, 1.807) is 6.42 Å². The van der Waals surface area contributed by atoms with Crippen molar-refractivity contribution < 1.29 is 9.66 Å². The number of rotatable bonds is 3. The van der Waals surface area contributed by atoms with E-state index in [9.17, 15) is 10.1 Å². The molecule has 1 aliphatic carbocycles. The molecule has 0 N–H and O–H groups in total. The summed E-state index contributed by atoms with van der Waals surface area (Å²) >= 11 is 0. The topological polar surface area (TPSA) is 55.6 Å². The van der Waals surface area contributed by atoms with E-state index in [0.29, 0.717) is 12.2 Å². The van der Waals surface area contributed by atoms with Crippen LogP contribution in [0, 0.1) is 16.5 Å². The van der Waals surface area contributed by atoms with Crippen molar-refractivity contribution in [3.8, 4) is 0 Å². The third kappa shape index (κ3) is 3.30. The second-order valence-corrected chi connectivity index (χ2v) is 4.49. The highest BCUT2D eigenvalue weighted by molar-refractivity contribution is 5.26. The van der Waals surface area contributed by atoms with Gasteiger partial charge in [0, 0.05) is 13.1 Å². The second kappa shape index (κ2) is 5.31. The zero-order chi connectivity index (χ0) is 12.3. The molecular formula is C12H17N2O3. The van der Waals surface area contributed by atoms with Gasteiger partial charge in [-0.15, -0.1) is 0 Å². The molecule has 1 radical (unpaired) electrons. The van der Waals surface area contributed by atoms with Crippen LogP contribution in [0.4, 0.5) is 0 Å². The molecule has 1 heterocycles. The molecule has 0 amide bonds. The minimum Gasteiger partial charge on any atom is -0.490 e. The van der Waals surface area contributed by atoms with Crippen molar-refractivity contribution >= 4 is 0 Å². The second-order valence-electron chi connectivity index (χ2n) is 4.49. The molecule has 2 rings (SSSR count). The smallest absolute Gasteiger partial charge is 0.254 e. The quantitative estimate of drug-likeness (QED) is 0.554. The monoisotopic (exact) mass is 237 g/mol. The third-order valence-corrected chi connectivity index (χ3v) is 3.12. The minimum absolute atomic E-state index is 0.135. The van der Waals surface area contributed by atoms with Crippen LogP contribution < -0.4 is 0 Å². The van der Waals surface area contributed by atoms with Gasteiger partial charge in [0.25, 0.3) is 5.70 Å². The number of ether oxygens (including phenoxy) is 1. The van der Waals surface area contributed by atoms with Crippen molar-refractivity contribution in [2.75, 3.05) is 20.1 Å². The van der Waals surface area contributed by atoms with Crippen molar-refractivity contribution in [1.29, 1.82) is 0 Å². The van der Waals surface area contributed by atoms with Gasteiger partial charge < -0.3 is 9.64 Å². The highest BCUT2D eigenvalue weighted by Crippen LogP contribution is 2.22. The molecule has 0 aromatic heterocycles. The Bertz CT molecular complexity index is 355. The van der Waals surface area contributed by atoms with Crippen LogP contribution in [-0.2, 0) is 4.74 Å². The van der Waals surface area contributed by atoms with Crippen LogP contribution in [0.2, 0.25) is 0 Å². The Labute approximate surface area is 101 Å². The van der Waals surface area contributed by atoms with E-state index in [1.165, 1.54) is 6.08 Å². The maximum atomic E-state index is 10.7. The Morgan fingerprint density at radius 3 is 2.82 bits per heavy atom. The number of hydrogen-bond acceptors (Lipinski definition) is 4. The summed E-state index contributed by atoms with van der Waals surface area (Å²) in [5, 5.41) is 10.7. The SMILES string of the molecule is CN1CCC(OC2=CC[CH]C([N+](=O)[O-])=C2)CC1. The van der Waals surface area contributed by atoms with Crippen molar-refractivity contribution in [1.82, 2.24) is 4.90 Å². The first-order chi connectivity index (χ1) is 8.15. The Hall–Kier alpha value is -1.36. The summed E-state index contributed by atoms with van der Waals surface area (Å²) in [5.74, 6) is 0.647. The molecule has 0 bridgehead atoms. The fourth-order valence-electron chi connectivity index (χ4n) is 2.06. The van der Waals surface area contributed by atoms with Gasteiger partial charge in [-0.2, -0.15) is 0 Å². The molecule has 2 aliphatic rings. The van der Waals surface area contributed by atoms with Crippen LogP contribution in [0.3, 0.4) is 0 Å². The predicted molar refractivity (Wildman–Crippen MR) is 63.7 cm³/mol. The van der Waals surface area contributed by atoms with Gasteiger partial charge in [0.15, 0.2) is 0 Å². The molecule has 5 heteroatoms. The first kappa shape index (κ1) is 12.1. The molecule has 93 valence electrons. The number of allylic oxidation sites excluding steroid dienone is 3. The Morgan fingerprint density at radius 2 is 2.18 bits per heavy atom. The van der Waals surface area contributed by atoms with Crippen molar-refractivity contribution in [3.05, 3.63) is 40.1 Å². The van der Waals surface area contributed by atoms with E-state index in [2.05, 4.69) is 11.9 Å². The molecular weight excluding hydrogens is 220 g/mol. The van der Waals surface area contributed by atoms with Gasteiger partial charge in [-0.1, -0.05) is 0 Å². The maximum absolute atomic E-state index is 10.7. The van der Waals surface area contributed by atoms with Crippen LogP contribution in [0.5, 0.6) is 0 Å². The standard InChI is InChI=1S/C12H17N2O3/c1-13-7-5-11(6-8-13)17-12-4-2-3-10(9-12)14(15)16/h3-4,9,11H,2,5-8H2,1H3. The zero-order valence-corrected chi connectivity index (χ0v) is 9.96. The molecule has 0 aromatic rings. The van der Waals surface area contributed by atoms with Gasteiger partial charge in [-0.05, 0) is 32.4 Å². The summed E-state index contributed by atoms with van der Waals surface area (Å²) in [6, 6.07) is 0. The lowest BCUT2D eigenvalue weighted by molar-refractivity contribution is -0.422. The molecule has 0 saturated carbocycles. The van der Waals surface area contributed by atoms with Crippen LogP contribution in [0.25, 0.3) is 0 Å². The molecule has 17 heavy (non-hydrogen) atoms. The lowest BCUT2D eigenvalue weighted by Gasteiger charge is -2.29. The van der Waals surface area contributed by atoms with E-state index in [0.717, 1.165) is 25.9 Å². The molecule has 5 nitrogen and oxygen atoms in total. The number of piperidine rings is 1. The average Bonchev–Trinajstić information content (AvgIpc) is 2.32. The van der Waals surface area contributed by atoms with E-state index in [1.807, 2.05) is 6.08 Å². The Balaban J connectivity index is 1.91. The number of hydrogen-bond donors (Lipinski definition) is 0. The maximum Gasteiger partial charge on any atom is 0.254 e.